The van der Waals surface area contributed by atoms with Crippen LogP contribution in [0.3, 0.4) is 0 Å². The molecule has 0 atom stereocenters. The van der Waals surface area contributed by atoms with Gasteiger partial charge in [0.05, 0.1) is 22.5 Å². The van der Waals surface area contributed by atoms with Crippen molar-refractivity contribution in [2.24, 2.45) is 0 Å². The number of unbranched alkanes of at least 4 members (excludes halogenated alkanes) is 13. The fourth-order valence-electron chi connectivity index (χ4n) is 3.51. The summed E-state index contributed by atoms with van der Waals surface area (Å²) in [6.07, 6.45) is 18.5. The molecule has 170 valence electrons. The largest absolute Gasteiger partial charge is 0.465 e. The number of ether oxygens (including phenoxy) is 1. The first-order valence-corrected chi connectivity index (χ1v) is 12.6. The van der Waals surface area contributed by atoms with Gasteiger partial charge in [-0.2, -0.15) is 0 Å². The molecule has 0 unspecified atom stereocenters. The monoisotopic (exact) mass is 437 g/mol. The number of nitro benzene ring substituents is 1. The minimum Gasteiger partial charge on any atom is -0.465 e. The SMILES string of the molecule is CCCCCCCCCCCCCCCCSc1ccc(C(=O)OC)cc1[N+](=O)[O-]. The maximum absolute atomic E-state index is 11.6. The van der Waals surface area contributed by atoms with Crippen LogP contribution in [0.25, 0.3) is 0 Å². The standard InChI is InChI=1S/C24H39NO4S/c1-3-4-5-6-7-8-9-10-11-12-13-14-15-16-19-30-23-18-17-21(24(26)29-2)20-22(23)25(27)28/h17-18,20H,3-16,19H2,1-2H3. The Morgan fingerprint density at radius 3 is 1.87 bits per heavy atom. The summed E-state index contributed by atoms with van der Waals surface area (Å²) in [4.78, 5) is 23.0. The van der Waals surface area contributed by atoms with Crippen molar-refractivity contribution < 1.29 is 14.5 Å². The number of carbonyl (C=O) groups excluding carboxylic acids is 1. The lowest BCUT2D eigenvalue weighted by atomic mass is 10.0. The summed E-state index contributed by atoms with van der Waals surface area (Å²) in [5.41, 5.74) is 0.193. The molecule has 0 N–H and O–H groups in total. The van der Waals surface area contributed by atoms with Gasteiger partial charge in [-0.1, -0.05) is 90.4 Å². The molecule has 0 saturated heterocycles. The highest BCUT2D eigenvalue weighted by atomic mass is 32.2. The summed E-state index contributed by atoms with van der Waals surface area (Å²) in [6.45, 7) is 2.26. The molecule has 0 aliphatic rings. The molecule has 0 heterocycles. The molecule has 0 aliphatic carbocycles. The number of carbonyl (C=O) groups is 1. The zero-order valence-corrected chi connectivity index (χ0v) is 19.6. The number of hydrogen-bond donors (Lipinski definition) is 0. The summed E-state index contributed by atoms with van der Waals surface area (Å²) < 4.78 is 4.63. The molecular weight excluding hydrogens is 398 g/mol. The highest BCUT2D eigenvalue weighted by Crippen LogP contribution is 2.31. The number of nitrogens with zero attached hydrogens (tertiary/aromatic N) is 1. The summed E-state index contributed by atoms with van der Waals surface area (Å²) in [7, 11) is 1.27. The van der Waals surface area contributed by atoms with Crippen molar-refractivity contribution >= 4 is 23.4 Å². The highest BCUT2D eigenvalue weighted by Gasteiger charge is 2.18. The van der Waals surface area contributed by atoms with Gasteiger partial charge in [0.1, 0.15) is 0 Å². The number of nitro groups is 1. The first-order chi connectivity index (χ1) is 14.6. The van der Waals surface area contributed by atoms with Crippen LogP contribution in [0.15, 0.2) is 23.1 Å². The van der Waals surface area contributed by atoms with Gasteiger partial charge in [-0.3, -0.25) is 10.1 Å². The number of benzene rings is 1. The van der Waals surface area contributed by atoms with Crippen LogP contribution in [0, 0.1) is 10.1 Å². The number of thioether (sulfide) groups is 1. The quantitative estimate of drug-likeness (QED) is 0.0766. The van der Waals surface area contributed by atoms with Crippen LogP contribution in [-0.4, -0.2) is 23.8 Å². The van der Waals surface area contributed by atoms with Crippen LogP contribution < -0.4 is 0 Å². The Morgan fingerprint density at radius 1 is 0.900 bits per heavy atom. The average molecular weight is 438 g/mol. The fraction of sp³-hybridized carbons (Fsp3) is 0.708. The normalized spacial score (nSPS) is 10.9. The van der Waals surface area contributed by atoms with E-state index in [1.54, 1.807) is 12.1 Å². The van der Waals surface area contributed by atoms with E-state index in [1.165, 1.54) is 108 Å². The molecule has 30 heavy (non-hydrogen) atoms. The molecular formula is C24H39NO4S. The summed E-state index contributed by atoms with van der Waals surface area (Å²) >= 11 is 1.49. The van der Waals surface area contributed by atoms with Crippen LogP contribution in [-0.2, 0) is 4.74 Å². The highest BCUT2D eigenvalue weighted by molar-refractivity contribution is 7.99. The van der Waals surface area contributed by atoms with Gasteiger partial charge in [-0.15, -0.1) is 11.8 Å². The van der Waals surface area contributed by atoms with Crippen molar-refractivity contribution in [1.29, 1.82) is 0 Å². The smallest absolute Gasteiger partial charge is 0.338 e. The van der Waals surface area contributed by atoms with Crippen LogP contribution in [0.2, 0.25) is 0 Å². The summed E-state index contributed by atoms with van der Waals surface area (Å²) in [5, 5.41) is 11.3. The lowest BCUT2D eigenvalue weighted by Gasteiger charge is -2.06. The van der Waals surface area contributed by atoms with E-state index in [2.05, 4.69) is 11.7 Å². The molecule has 0 aromatic heterocycles. The average Bonchev–Trinajstić information content (AvgIpc) is 2.75. The van der Waals surface area contributed by atoms with Gasteiger partial charge < -0.3 is 4.74 Å². The van der Waals surface area contributed by atoms with Crippen molar-refractivity contribution in [2.45, 2.75) is 102 Å². The third kappa shape index (κ3) is 11.6. The second kappa shape index (κ2) is 17.2. The van der Waals surface area contributed by atoms with E-state index in [1.807, 2.05) is 0 Å². The molecule has 5 nitrogen and oxygen atoms in total. The number of hydrogen-bond acceptors (Lipinski definition) is 5. The Hall–Kier alpha value is -1.56. The second-order valence-electron chi connectivity index (χ2n) is 7.88. The van der Waals surface area contributed by atoms with Crippen LogP contribution in [0.4, 0.5) is 5.69 Å². The number of esters is 1. The second-order valence-corrected chi connectivity index (χ2v) is 9.01. The molecule has 1 aromatic carbocycles. The Kier molecular flexibility index (Phi) is 15.1. The molecule has 0 saturated carbocycles. The van der Waals surface area contributed by atoms with Crippen molar-refractivity contribution in [3.8, 4) is 0 Å². The lowest BCUT2D eigenvalue weighted by Crippen LogP contribution is -2.02. The van der Waals surface area contributed by atoms with Crippen molar-refractivity contribution in [1.82, 2.24) is 0 Å². The van der Waals surface area contributed by atoms with E-state index in [-0.39, 0.29) is 11.3 Å². The van der Waals surface area contributed by atoms with Gasteiger partial charge in [-0.25, -0.2) is 4.79 Å². The molecule has 1 rings (SSSR count). The molecule has 0 amide bonds. The Balaban J connectivity index is 2.08. The van der Waals surface area contributed by atoms with Gasteiger partial charge in [0, 0.05) is 6.07 Å². The maximum Gasteiger partial charge on any atom is 0.338 e. The number of rotatable bonds is 18. The first-order valence-electron chi connectivity index (χ1n) is 11.6. The predicted molar refractivity (Wildman–Crippen MR) is 125 cm³/mol. The minimum atomic E-state index is -0.554. The van der Waals surface area contributed by atoms with E-state index in [4.69, 9.17) is 0 Å². The molecule has 0 spiro atoms. The van der Waals surface area contributed by atoms with E-state index >= 15 is 0 Å². The van der Waals surface area contributed by atoms with Crippen LogP contribution >= 0.6 is 11.8 Å². The van der Waals surface area contributed by atoms with Crippen LogP contribution in [0.1, 0.15) is 107 Å². The molecule has 0 fully saturated rings. The van der Waals surface area contributed by atoms with Crippen molar-refractivity contribution in [3.63, 3.8) is 0 Å². The zero-order chi connectivity index (χ0) is 22.0. The van der Waals surface area contributed by atoms with Gasteiger partial charge in [0.25, 0.3) is 5.69 Å². The Bertz CT molecular complexity index is 621. The minimum absolute atomic E-state index is 0.0201. The van der Waals surface area contributed by atoms with E-state index in [9.17, 15) is 14.9 Å². The van der Waals surface area contributed by atoms with E-state index < -0.39 is 10.9 Å². The third-order valence-corrected chi connectivity index (χ3v) is 6.48. The topological polar surface area (TPSA) is 69.4 Å². The van der Waals surface area contributed by atoms with Crippen LogP contribution in [0.5, 0.6) is 0 Å². The van der Waals surface area contributed by atoms with Gasteiger partial charge >= 0.3 is 5.97 Å². The molecule has 0 radical (unpaired) electrons. The predicted octanol–water partition coefficient (Wildman–Crippen LogP) is 7.95. The zero-order valence-electron chi connectivity index (χ0n) is 18.8. The van der Waals surface area contributed by atoms with Gasteiger partial charge in [0.2, 0.25) is 0 Å². The summed E-state index contributed by atoms with van der Waals surface area (Å²) in [5.74, 6) is 0.304. The van der Waals surface area contributed by atoms with Crippen molar-refractivity contribution in [2.75, 3.05) is 12.9 Å². The number of methoxy groups -OCH3 is 1. The van der Waals surface area contributed by atoms with Gasteiger partial charge in [-0.05, 0) is 24.3 Å². The molecule has 6 heteroatoms. The Labute approximate surface area is 186 Å². The van der Waals surface area contributed by atoms with E-state index in [0.717, 1.165) is 12.2 Å². The molecule has 0 aliphatic heterocycles. The lowest BCUT2D eigenvalue weighted by molar-refractivity contribution is -0.387. The summed E-state index contributed by atoms with van der Waals surface area (Å²) in [6, 6.07) is 4.55. The van der Waals surface area contributed by atoms with Gasteiger partial charge in [0.15, 0.2) is 0 Å². The van der Waals surface area contributed by atoms with Crippen molar-refractivity contribution in [3.05, 3.63) is 33.9 Å². The van der Waals surface area contributed by atoms with E-state index in [0.29, 0.717) is 4.90 Å². The third-order valence-electron chi connectivity index (χ3n) is 5.33. The molecule has 1 aromatic rings. The first kappa shape index (κ1) is 26.5. The maximum atomic E-state index is 11.6. The molecule has 0 bridgehead atoms. The fourth-order valence-corrected chi connectivity index (χ4v) is 4.52. The Morgan fingerprint density at radius 2 is 1.40 bits per heavy atom.